The lowest BCUT2D eigenvalue weighted by Gasteiger charge is -2.10. The van der Waals surface area contributed by atoms with Crippen molar-refractivity contribution in [3.63, 3.8) is 0 Å². The number of nitrogens with zero attached hydrogens (tertiary/aromatic N) is 1. The third kappa shape index (κ3) is 5.61. The second kappa shape index (κ2) is 8.87. The zero-order valence-corrected chi connectivity index (χ0v) is 16.0. The number of hydrogen-bond donors (Lipinski definition) is 1. The molecule has 8 heteroatoms. The molecule has 1 heterocycles. The van der Waals surface area contributed by atoms with E-state index in [0.29, 0.717) is 22.0 Å². The smallest absolute Gasteiger partial charge is 0.338 e. The molecule has 0 bridgehead atoms. The minimum atomic E-state index is -0.623. The highest BCUT2D eigenvalue weighted by Crippen LogP contribution is 2.25. The van der Waals surface area contributed by atoms with Crippen LogP contribution in [0.1, 0.15) is 29.9 Å². The summed E-state index contributed by atoms with van der Waals surface area (Å²) in [6.07, 6.45) is 0.0356. The first-order valence-electron chi connectivity index (χ1n) is 7.82. The Labute approximate surface area is 161 Å². The summed E-state index contributed by atoms with van der Waals surface area (Å²) in [6.45, 7) is 5.03. The molecule has 2 aromatic rings. The fraction of sp³-hybridized carbons (Fsp3) is 0.278. The van der Waals surface area contributed by atoms with E-state index in [-0.39, 0.29) is 16.9 Å². The normalized spacial score (nSPS) is 10.5. The van der Waals surface area contributed by atoms with Gasteiger partial charge in [0.1, 0.15) is 5.75 Å². The van der Waals surface area contributed by atoms with Crippen LogP contribution in [0.15, 0.2) is 30.3 Å². The van der Waals surface area contributed by atoms with Crippen LogP contribution in [0.5, 0.6) is 5.75 Å². The number of halogens is 2. The topological polar surface area (TPSA) is 77.5 Å². The largest absolute Gasteiger partial charge is 0.491 e. The van der Waals surface area contributed by atoms with Gasteiger partial charge in [0.2, 0.25) is 0 Å². The maximum atomic E-state index is 12.0. The van der Waals surface area contributed by atoms with Gasteiger partial charge in [-0.3, -0.25) is 4.79 Å². The molecule has 0 aliphatic carbocycles. The Morgan fingerprint density at radius 2 is 1.81 bits per heavy atom. The lowest BCUT2D eigenvalue weighted by molar-refractivity contribution is -0.119. The van der Waals surface area contributed by atoms with E-state index < -0.39 is 18.5 Å². The van der Waals surface area contributed by atoms with Gasteiger partial charge in [-0.1, -0.05) is 23.2 Å². The average molecular weight is 397 g/mol. The molecule has 0 unspecified atom stereocenters. The predicted octanol–water partition coefficient (Wildman–Crippen LogP) is 4.28. The summed E-state index contributed by atoms with van der Waals surface area (Å²) in [5.74, 6) is -0.380. The van der Waals surface area contributed by atoms with Crippen molar-refractivity contribution in [2.45, 2.75) is 26.9 Å². The number of amides is 1. The minimum Gasteiger partial charge on any atom is -0.491 e. The maximum absolute atomic E-state index is 12.0. The van der Waals surface area contributed by atoms with Crippen LogP contribution in [0.25, 0.3) is 0 Å². The highest BCUT2D eigenvalue weighted by molar-refractivity contribution is 6.36. The number of aryl methyl sites for hydroxylation is 1. The number of nitrogens with one attached hydrogen (secondary N) is 1. The zero-order chi connectivity index (χ0) is 19.3. The van der Waals surface area contributed by atoms with Crippen LogP contribution in [0.3, 0.4) is 0 Å². The van der Waals surface area contributed by atoms with Gasteiger partial charge in [-0.25, -0.2) is 9.78 Å². The van der Waals surface area contributed by atoms with Gasteiger partial charge in [-0.05, 0) is 51.1 Å². The molecule has 0 aliphatic heterocycles. The highest BCUT2D eigenvalue weighted by Gasteiger charge is 2.13. The second-order valence-electron chi connectivity index (χ2n) is 5.70. The van der Waals surface area contributed by atoms with Gasteiger partial charge < -0.3 is 14.8 Å². The summed E-state index contributed by atoms with van der Waals surface area (Å²) < 4.78 is 10.5. The van der Waals surface area contributed by atoms with E-state index in [9.17, 15) is 9.59 Å². The first kappa shape index (κ1) is 20.0. The SMILES string of the molecule is Cc1nc(NC(=O)COC(=O)c2ccc(OC(C)C)cc2)c(Cl)cc1Cl. The molecule has 0 spiro atoms. The van der Waals surface area contributed by atoms with E-state index in [2.05, 4.69) is 10.3 Å². The van der Waals surface area contributed by atoms with Crippen molar-refractivity contribution >= 4 is 40.9 Å². The number of carbonyl (C=O) groups excluding carboxylic acids is 2. The van der Waals surface area contributed by atoms with Gasteiger partial charge in [0.25, 0.3) is 5.91 Å². The van der Waals surface area contributed by atoms with Crippen LogP contribution >= 0.6 is 23.2 Å². The van der Waals surface area contributed by atoms with Crippen molar-refractivity contribution in [1.82, 2.24) is 4.98 Å². The van der Waals surface area contributed by atoms with Crippen molar-refractivity contribution in [2.24, 2.45) is 0 Å². The quantitative estimate of drug-likeness (QED) is 0.737. The number of hydrogen-bond acceptors (Lipinski definition) is 5. The molecule has 2 rings (SSSR count). The van der Waals surface area contributed by atoms with Crippen LogP contribution in [-0.4, -0.2) is 29.6 Å². The lowest BCUT2D eigenvalue weighted by Crippen LogP contribution is -2.21. The monoisotopic (exact) mass is 396 g/mol. The summed E-state index contributed by atoms with van der Waals surface area (Å²) in [5.41, 5.74) is 0.833. The van der Waals surface area contributed by atoms with Gasteiger partial charge in [0.05, 0.1) is 27.4 Å². The Morgan fingerprint density at radius 3 is 2.42 bits per heavy atom. The fourth-order valence-electron chi connectivity index (χ4n) is 1.97. The molecule has 26 heavy (non-hydrogen) atoms. The van der Waals surface area contributed by atoms with Crippen molar-refractivity contribution in [2.75, 3.05) is 11.9 Å². The molecule has 6 nitrogen and oxygen atoms in total. The van der Waals surface area contributed by atoms with E-state index in [4.69, 9.17) is 32.7 Å². The van der Waals surface area contributed by atoms with E-state index in [1.165, 1.54) is 6.07 Å². The number of carbonyl (C=O) groups is 2. The molecule has 1 aromatic heterocycles. The van der Waals surface area contributed by atoms with Gasteiger partial charge in [0, 0.05) is 0 Å². The second-order valence-corrected chi connectivity index (χ2v) is 6.52. The number of esters is 1. The number of pyridine rings is 1. The summed E-state index contributed by atoms with van der Waals surface area (Å²) >= 11 is 11.9. The first-order valence-corrected chi connectivity index (χ1v) is 8.58. The van der Waals surface area contributed by atoms with Crippen molar-refractivity contribution < 1.29 is 19.1 Å². The molecule has 0 aliphatic rings. The van der Waals surface area contributed by atoms with E-state index in [1.54, 1.807) is 31.2 Å². The maximum Gasteiger partial charge on any atom is 0.338 e. The Morgan fingerprint density at radius 1 is 1.15 bits per heavy atom. The summed E-state index contributed by atoms with van der Waals surface area (Å²) in [4.78, 5) is 28.0. The summed E-state index contributed by atoms with van der Waals surface area (Å²) in [5, 5.41) is 3.07. The van der Waals surface area contributed by atoms with E-state index in [0.717, 1.165) is 0 Å². The molecule has 138 valence electrons. The molecular formula is C18H18Cl2N2O4. The predicted molar refractivity (Wildman–Crippen MR) is 100 cm³/mol. The van der Waals surface area contributed by atoms with Crippen molar-refractivity contribution in [1.29, 1.82) is 0 Å². The Hall–Kier alpha value is -2.31. The van der Waals surface area contributed by atoms with Crippen molar-refractivity contribution in [3.8, 4) is 5.75 Å². The highest BCUT2D eigenvalue weighted by atomic mass is 35.5. The third-order valence-corrected chi connectivity index (χ3v) is 3.83. The average Bonchev–Trinajstić information content (AvgIpc) is 2.57. The number of anilines is 1. The molecule has 0 saturated carbocycles. The van der Waals surface area contributed by atoms with Crippen LogP contribution < -0.4 is 10.1 Å². The molecule has 1 amide bonds. The molecule has 1 aromatic carbocycles. The van der Waals surface area contributed by atoms with Crippen LogP contribution in [0.4, 0.5) is 5.82 Å². The Kier molecular flexibility index (Phi) is 6.83. The number of aromatic nitrogens is 1. The van der Waals surface area contributed by atoms with Crippen LogP contribution in [0.2, 0.25) is 10.0 Å². The fourth-order valence-corrected chi connectivity index (χ4v) is 2.38. The molecule has 0 radical (unpaired) electrons. The van der Waals surface area contributed by atoms with Crippen LogP contribution in [0, 0.1) is 6.92 Å². The van der Waals surface area contributed by atoms with Crippen molar-refractivity contribution in [3.05, 3.63) is 51.6 Å². The Bertz CT molecular complexity index is 808. The van der Waals surface area contributed by atoms with Gasteiger partial charge in [-0.2, -0.15) is 0 Å². The zero-order valence-electron chi connectivity index (χ0n) is 14.5. The molecule has 0 saturated heterocycles. The third-order valence-electron chi connectivity index (χ3n) is 3.16. The Balaban J connectivity index is 1.90. The molecule has 1 N–H and O–H groups in total. The van der Waals surface area contributed by atoms with E-state index in [1.807, 2.05) is 13.8 Å². The first-order chi connectivity index (χ1) is 12.3. The van der Waals surface area contributed by atoms with Gasteiger partial charge in [0.15, 0.2) is 12.4 Å². The lowest BCUT2D eigenvalue weighted by atomic mass is 10.2. The summed E-state index contributed by atoms with van der Waals surface area (Å²) in [6, 6.07) is 7.94. The number of rotatable bonds is 6. The van der Waals surface area contributed by atoms with Crippen LogP contribution in [-0.2, 0) is 9.53 Å². The molecule has 0 fully saturated rings. The molecular weight excluding hydrogens is 379 g/mol. The van der Waals surface area contributed by atoms with Gasteiger partial charge in [-0.15, -0.1) is 0 Å². The molecule has 0 atom stereocenters. The number of ether oxygens (including phenoxy) is 2. The summed E-state index contributed by atoms with van der Waals surface area (Å²) in [7, 11) is 0. The standard InChI is InChI=1S/C18H18Cl2N2O4/c1-10(2)26-13-6-4-12(5-7-13)18(24)25-9-16(23)22-17-15(20)8-14(19)11(3)21-17/h4-8,10H,9H2,1-3H3,(H,21,22,23). The van der Waals surface area contributed by atoms with E-state index >= 15 is 0 Å². The minimum absolute atomic E-state index is 0.0356. The van der Waals surface area contributed by atoms with Gasteiger partial charge >= 0.3 is 5.97 Å². The number of benzene rings is 1.